The summed E-state index contributed by atoms with van der Waals surface area (Å²) < 4.78 is 68.6. The average molecular weight is 1440 g/mol. The zero-order chi connectivity index (χ0) is 72.1. The van der Waals surface area contributed by atoms with Crippen molar-refractivity contribution < 1.29 is 80.2 Å². The molecule has 0 amide bonds. The van der Waals surface area contributed by atoms with Crippen LogP contribution in [-0.4, -0.2) is 96.7 Å². The van der Waals surface area contributed by atoms with E-state index < -0.39 is 97.5 Å². The van der Waals surface area contributed by atoms with E-state index in [0.717, 1.165) is 108 Å². The number of hydrogen-bond acceptors (Lipinski definition) is 15. The number of esters is 4. The molecule has 17 nitrogen and oxygen atoms in total. The minimum Gasteiger partial charge on any atom is -0.462 e. The molecular formula is C79H154O17P2. The molecule has 0 fully saturated rings. The van der Waals surface area contributed by atoms with E-state index in [2.05, 4.69) is 41.5 Å². The molecule has 0 saturated carbocycles. The van der Waals surface area contributed by atoms with Crippen LogP contribution in [0.25, 0.3) is 0 Å². The van der Waals surface area contributed by atoms with Gasteiger partial charge in [-0.25, -0.2) is 9.13 Å². The van der Waals surface area contributed by atoms with Gasteiger partial charge in [-0.1, -0.05) is 363 Å². The van der Waals surface area contributed by atoms with Crippen LogP contribution in [0.2, 0.25) is 0 Å². The number of phosphoric ester groups is 2. The minimum atomic E-state index is -4.96. The van der Waals surface area contributed by atoms with Gasteiger partial charge in [-0.3, -0.25) is 37.3 Å². The summed E-state index contributed by atoms with van der Waals surface area (Å²) in [5.74, 6) is -0.545. The number of ether oxygens (including phenoxy) is 4. The highest BCUT2D eigenvalue weighted by Gasteiger charge is 2.30. The first-order valence-corrected chi connectivity index (χ1v) is 44.0. The van der Waals surface area contributed by atoms with Crippen molar-refractivity contribution in [1.29, 1.82) is 0 Å². The molecule has 0 radical (unpaired) electrons. The Morgan fingerprint density at radius 3 is 0.694 bits per heavy atom. The Hall–Kier alpha value is -1.94. The maximum atomic E-state index is 13.1. The Morgan fingerprint density at radius 2 is 0.469 bits per heavy atom. The molecule has 0 rings (SSSR count). The molecule has 0 aromatic carbocycles. The maximum Gasteiger partial charge on any atom is 0.472 e. The maximum absolute atomic E-state index is 13.1. The fourth-order valence-corrected chi connectivity index (χ4v) is 13.8. The van der Waals surface area contributed by atoms with Gasteiger partial charge in [0.25, 0.3) is 0 Å². The van der Waals surface area contributed by atoms with Gasteiger partial charge in [-0.05, 0) is 37.5 Å². The van der Waals surface area contributed by atoms with Crippen LogP contribution in [0.3, 0.4) is 0 Å². The van der Waals surface area contributed by atoms with Crippen molar-refractivity contribution in [3.05, 3.63) is 0 Å². The fourth-order valence-electron chi connectivity index (χ4n) is 12.2. The van der Waals surface area contributed by atoms with Crippen LogP contribution in [0.1, 0.15) is 414 Å². The van der Waals surface area contributed by atoms with E-state index in [4.69, 9.17) is 37.0 Å². The second kappa shape index (κ2) is 70.7. The van der Waals surface area contributed by atoms with Crippen LogP contribution in [0.15, 0.2) is 0 Å². The van der Waals surface area contributed by atoms with Crippen molar-refractivity contribution in [3.8, 4) is 0 Å². The summed E-state index contributed by atoms with van der Waals surface area (Å²) in [5.41, 5.74) is 0. The molecule has 0 spiro atoms. The predicted octanol–water partition coefficient (Wildman–Crippen LogP) is 23.5. The number of phosphoric acid groups is 2. The highest BCUT2D eigenvalue weighted by atomic mass is 31.2. The molecule has 3 N–H and O–H groups in total. The first-order chi connectivity index (χ1) is 47.4. The molecule has 2 unspecified atom stereocenters. The summed E-state index contributed by atoms with van der Waals surface area (Å²) in [4.78, 5) is 72.9. The molecule has 0 aromatic rings. The van der Waals surface area contributed by atoms with Gasteiger partial charge >= 0.3 is 39.5 Å². The summed E-state index contributed by atoms with van der Waals surface area (Å²) >= 11 is 0. The van der Waals surface area contributed by atoms with Gasteiger partial charge in [-0.15, -0.1) is 0 Å². The Morgan fingerprint density at radius 1 is 0.276 bits per heavy atom. The number of carbonyl (C=O) groups excluding carboxylic acids is 4. The largest absolute Gasteiger partial charge is 0.472 e. The van der Waals surface area contributed by atoms with Gasteiger partial charge in [-0.2, -0.15) is 0 Å². The van der Waals surface area contributed by atoms with Crippen molar-refractivity contribution in [3.63, 3.8) is 0 Å². The van der Waals surface area contributed by atoms with Gasteiger partial charge in [0.2, 0.25) is 0 Å². The number of hydrogen-bond donors (Lipinski definition) is 3. The molecule has 0 aromatic heterocycles. The third kappa shape index (κ3) is 72.4. The summed E-state index contributed by atoms with van der Waals surface area (Å²) in [5, 5.41) is 10.6. The third-order valence-electron chi connectivity index (χ3n) is 18.5. The molecule has 0 saturated heterocycles. The first-order valence-electron chi connectivity index (χ1n) is 41.0. The second-order valence-electron chi connectivity index (χ2n) is 29.4. The van der Waals surface area contributed by atoms with E-state index in [1.807, 2.05) is 0 Å². The lowest BCUT2D eigenvalue weighted by Crippen LogP contribution is -2.30. The Balaban J connectivity index is 5.21. The van der Waals surface area contributed by atoms with Gasteiger partial charge in [0, 0.05) is 25.7 Å². The molecular weight excluding hydrogens is 1280 g/mol. The van der Waals surface area contributed by atoms with Crippen LogP contribution in [0.5, 0.6) is 0 Å². The molecule has 0 heterocycles. The lowest BCUT2D eigenvalue weighted by molar-refractivity contribution is -0.161. The van der Waals surface area contributed by atoms with E-state index in [0.29, 0.717) is 25.7 Å². The monoisotopic (exact) mass is 1440 g/mol. The zero-order valence-corrected chi connectivity index (χ0v) is 65.9. The van der Waals surface area contributed by atoms with Crippen LogP contribution in [0, 0.1) is 11.8 Å². The smallest absolute Gasteiger partial charge is 0.462 e. The van der Waals surface area contributed by atoms with E-state index in [1.165, 1.54) is 225 Å². The second-order valence-corrected chi connectivity index (χ2v) is 32.3. The molecule has 19 heteroatoms. The van der Waals surface area contributed by atoms with Crippen LogP contribution in [-0.2, 0) is 65.4 Å². The number of carbonyl (C=O) groups is 4. The van der Waals surface area contributed by atoms with Crippen LogP contribution in [0.4, 0.5) is 0 Å². The average Bonchev–Trinajstić information content (AvgIpc) is 0.976. The third-order valence-corrected chi connectivity index (χ3v) is 20.4. The lowest BCUT2D eigenvalue weighted by atomic mass is 10.0. The number of aliphatic hydroxyl groups excluding tert-OH is 1. The minimum absolute atomic E-state index is 0.106. The number of aliphatic hydroxyl groups is 1. The molecule has 0 aliphatic rings. The van der Waals surface area contributed by atoms with Crippen LogP contribution < -0.4 is 0 Å². The standard InChI is InChI=1S/C79H154O17P2/c1-7-9-11-13-15-17-18-19-20-21-22-25-28-33-38-44-50-56-62-77(82)90-68-75(96-78(83)63-57-51-45-39-34-29-26-23-24-27-31-36-41-47-53-59-71(3)4)70-94-98(87,88)92-66-73(80)65-91-97(85,86)93-69-74(67-89-76(81)61-55-49-43-16-14-12-10-8-2)95-79(84)64-58-52-46-40-35-30-32-37-42-48-54-60-72(5)6/h71-75,80H,7-70H2,1-6H3,(H,85,86)(H,87,88)/t73-,74+,75+/m0/s1. The van der Waals surface area contributed by atoms with Gasteiger partial charge in [0.05, 0.1) is 26.4 Å². The molecule has 0 bridgehead atoms. The number of rotatable bonds is 78. The molecule has 98 heavy (non-hydrogen) atoms. The Kier molecular flexibility index (Phi) is 69.3. The zero-order valence-electron chi connectivity index (χ0n) is 64.1. The van der Waals surface area contributed by atoms with Crippen LogP contribution >= 0.6 is 15.6 Å². The first kappa shape index (κ1) is 96.1. The lowest BCUT2D eigenvalue weighted by Gasteiger charge is -2.21. The van der Waals surface area contributed by atoms with E-state index in [9.17, 15) is 43.2 Å². The van der Waals surface area contributed by atoms with Crippen molar-refractivity contribution in [2.24, 2.45) is 11.8 Å². The molecule has 0 aliphatic carbocycles. The Labute approximate surface area is 600 Å². The van der Waals surface area contributed by atoms with E-state index in [-0.39, 0.29) is 25.7 Å². The summed E-state index contributed by atoms with van der Waals surface area (Å²) in [7, 11) is -9.91. The Bertz CT molecular complexity index is 1890. The highest BCUT2D eigenvalue weighted by molar-refractivity contribution is 7.47. The predicted molar refractivity (Wildman–Crippen MR) is 400 cm³/mol. The fraction of sp³-hybridized carbons (Fsp3) is 0.949. The SMILES string of the molecule is CCCCCCCCCCCCCCCCCCCCC(=O)OC[C@H](COP(=O)(O)OC[C@@H](O)COP(=O)(O)OC[C@@H](COC(=O)CCCCCCCCCC)OC(=O)CCCCCCCCCCCCCC(C)C)OC(=O)CCCCCCCCCCCCCCCCCC(C)C. The van der Waals surface area contributed by atoms with Gasteiger partial charge in [0.1, 0.15) is 19.3 Å². The van der Waals surface area contributed by atoms with Crippen molar-refractivity contribution >= 4 is 39.5 Å². The van der Waals surface area contributed by atoms with Crippen molar-refractivity contribution in [1.82, 2.24) is 0 Å². The summed E-state index contributed by atoms with van der Waals surface area (Å²) in [6, 6.07) is 0. The topological polar surface area (TPSA) is 237 Å². The highest BCUT2D eigenvalue weighted by Crippen LogP contribution is 2.45. The summed E-state index contributed by atoms with van der Waals surface area (Å²) in [6.07, 6.45) is 59.7. The van der Waals surface area contributed by atoms with Crippen molar-refractivity contribution in [2.45, 2.75) is 432 Å². The molecule has 0 aliphatic heterocycles. The van der Waals surface area contributed by atoms with Gasteiger partial charge < -0.3 is 33.8 Å². The van der Waals surface area contributed by atoms with E-state index >= 15 is 0 Å². The van der Waals surface area contributed by atoms with Gasteiger partial charge in [0.15, 0.2) is 12.2 Å². The molecule has 582 valence electrons. The quantitative estimate of drug-likeness (QED) is 0.0222. The summed E-state index contributed by atoms with van der Waals surface area (Å²) in [6.45, 7) is 9.62. The number of unbranched alkanes of at least 4 members (excludes halogenated alkanes) is 48. The van der Waals surface area contributed by atoms with E-state index in [1.54, 1.807) is 0 Å². The normalized spacial score (nSPS) is 13.9. The van der Waals surface area contributed by atoms with Crippen molar-refractivity contribution in [2.75, 3.05) is 39.6 Å². The molecule has 5 atom stereocenters.